The first-order chi connectivity index (χ1) is 15.2. The van der Waals surface area contributed by atoms with Gasteiger partial charge in [0, 0.05) is 13.1 Å². The van der Waals surface area contributed by atoms with Gasteiger partial charge in [-0.05, 0) is 19.3 Å². The third-order valence-corrected chi connectivity index (χ3v) is 4.28. The van der Waals surface area contributed by atoms with Crippen molar-refractivity contribution in [3.8, 4) is 0 Å². The number of carbonyl (C=O) groups excluding carboxylic acids is 1. The van der Waals surface area contributed by atoms with Crippen molar-refractivity contribution in [3.63, 3.8) is 0 Å². The SMILES string of the molecule is O=C(N1CCCCC1)[C@](F)(OC(F)(F)[C@@](F)(OC(F)(F)C(F)(F)C(F)(F)F)C(F)(F)F)C(F)(F)F. The van der Waals surface area contributed by atoms with Gasteiger partial charge < -0.3 is 4.90 Å². The Balaban J connectivity index is 3.60. The molecular formula is C14H10F17NO3. The van der Waals surface area contributed by atoms with E-state index in [1.54, 1.807) is 0 Å². The molecule has 1 saturated heterocycles. The van der Waals surface area contributed by atoms with Crippen LogP contribution in [0.25, 0.3) is 0 Å². The Morgan fingerprint density at radius 3 is 1.31 bits per heavy atom. The zero-order chi connectivity index (χ0) is 28.1. The van der Waals surface area contributed by atoms with Gasteiger partial charge in [-0.3, -0.25) is 14.3 Å². The van der Waals surface area contributed by atoms with Gasteiger partial charge in [0.15, 0.2) is 0 Å². The highest BCUT2D eigenvalue weighted by molar-refractivity contribution is 5.84. The number of likely N-dealkylation sites (tertiary alicyclic amines) is 1. The normalized spacial score (nSPS) is 20.9. The first-order valence-electron chi connectivity index (χ1n) is 8.59. The van der Waals surface area contributed by atoms with Gasteiger partial charge in [-0.2, -0.15) is 74.6 Å². The first kappa shape index (κ1) is 31.2. The fraction of sp³-hybridized carbons (Fsp3) is 0.929. The number of nitrogens with zero attached hydrogens (tertiary/aromatic N) is 1. The Kier molecular flexibility index (Phi) is 7.98. The Hall–Kier alpha value is -1.80. The average Bonchev–Trinajstić information content (AvgIpc) is 2.64. The molecule has 0 unspecified atom stereocenters. The molecule has 2 atom stereocenters. The molecule has 0 bridgehead atoms. The lowest BCUT2D eigenvalue weighted by molar-refractivity contribution is -0.548. The Labute approximate surface area is 181 Å². The summed E-state index contributed by atoms with van der Waals surface area (Å²) < 4.78 is 225. The van der Waals surface area contributed by atoms with Crippen LogP contribution in [0.4, 0.5) is 74.6 Å². The van der Waals surface area contributed by atoms with E-state index in [1.165, 1.54) is 4.74 Å². The molecule has 4 nitrogen and oxygen atoms in total. The lowest BCUT2D eigenvalue weighted by Crippen LogP contribution is -2.69. The highest BCUT2D eigenvalue weighted by Gasteiger charge is 2.85. The molecule has 1 rings (SSSR count). The van der Waals surface area contributed by atoms with Crippen LogP contribution >= 0.6 is 0 Å². The van der Waals surface area contributed by atoms with Gasteiger partial charge in [0.25, 0.3) is 5.91 Å². The Morgan fingerprint density at radius 1 is 0.543 bits per heavy atom. The summed E-state index contributed by atoms with van der Waals surface area (Å²) in [6, 6.07) is 0. The number of amides is 1. The van der Waals surface area contributed by atoms with E-state index >= 15 is 0 Å². The number of piperidine rings is 1. The van der Waals surface area contributed by atoms with Crippen molar-refractivity contribution in [2.75, 3.05) is 13.1 Å². The second kappa shape index (κ2) is 8.94. The second-order valence-electron chi connectivity index (χ2n) is 6.85. The number of hydrogen-bond acceptors (Lipinski definition) is 3. The molecular weight excluding hydrogens is 553 g/mol. The molecule has 1 aliphatic rings. The summed E-state index contributed by atoms with van der Waals surface area (Å²) in [7, 11) is 0. The van der Waals surface area contributed by atoms with Crippen LogP contribution in [0.2, 0.25) is 0 Å². The monoisotopic (exact) mass is 563 g/mol. The van der Waals surface area contributed by atoms with Crippen LogP contribution in [0.1, 0.15) is 19.3 Å². The predicted molar refractivity (Wildman–Crippen MR) is 73.3 cm³/mol. The van der Waals surface area contributed by atoms with Crippen LogP contribution in [0.15, 0.2) is 0 Å². The summed E-state index contributed by atoms with van der Waals surface area (Å²) in [5.41, 5.74) is 0. The molecule has 1 heterocycles. The van der Waals surface area contributed by atoms with Crippen molar-refractivity contribution >= 4 is 5.91 Å². The van der Waals surface area contributed by atoms with Crippen LogP contribution in [-0.2, 0) is 14.3 Å². The molecule has 208 valence electrons. The fourth-order valence-corrected chi connectivity index (χ4v) is 2.45. The second-order valence-corrected chi connectivity index (χ2v) is 6.85. The summed E-state index contributed by atoms with van der Waals surface area (Å²) in [4.78, 5) is 11.6. The molecule has 35 heavy (non-hydrogen) atoms. The minimum atomic E-state index is -8.00. The van der Waals surface area contributed by atoms with Crippen molar-refractivity contribution in [1.82, 2.24) is 4.90 Å². The topological polar surface area (TPSA) is 38.8 Å². The van der Waals surface area contributed by atoms with E-state index in [4.69, 9.17) is 0 Å². The molecule has 0 aliphatic carbocycles. The molecule has 0 saturated carbocycles. The zero-order valence-corrected chi connectivity index (χ0v) is 16.1. The lowest BCUT2D eigenvalue weighted by atomic mass is 10.1. The van der Waals surface area contributed by atoms with E-state index in [0.29, 0.717) is 0 Å². The van der Waals surface area contributed by atoms with E-state index < -0.39 is 67.4 Å². The van der Waals surface area contributed by atoms with E-state index in [2.05, 4.69) is 0 Å². The van der Waals surface area contributed by atoms with Crippen LogP contribution in [-0.4, -0.2) is 72.3 Å². The minimum absolute atomic E-state index is 0.185. The largest absolute Gasteiger partial charge is 0.462 e. The summed E-state index contributed by atoms with van der Waals surface area (Å²) in [6.45, 7) is -1.66. The average molecular weight is 563 g/mol. The molecule has 0 spiro atoms. The molecule has 0 aromatic rings. The minimum Gasteiger partial charge on any atom is -0.337 e. The summed E-state index contributed by atoms with van der Waals surface area (Å²) in [5, 5.41) is 0. The lowest BCUT2D eigenvalue weighted by Gasteiger charge is -2.41. The predicted octanol–water partition coefficient (Wildman–Crippen LogP) is 5.87. The van der Waals surface area contributed by atoms with Gasteiger partial charge in [0.2, 0.25) is 0 Å². The van der Waals surface area contributed by atoms with E-state index in [9.17, 15) is 79.4 Å². The maximum Gasteiger partial charge on any atom is 0.462 e. The number of rotatable bonds is 7. The van der Waals surface area contributed by atoms with E-state index in [1.807, 2.05) is 4.74 Å². The molecule has 0 aromatic heterocycles. The van der Waals surface area contributed by atoms with Crippen molar-refractivity contribution < 1.29 is 88.9 Å². The van der Waals surface area contributed by atoms with Crippen LogP contribution < -0.4 is 0 Å². The standard InChI is InChI=1S/C14H10F17NO3/c15-7(10(19,20)21,6(33)32-4-2-1-3-5-32)34-14(30,31)9(18,12(25,26)27)35-13(28,29)8(16,17)11(22,23)24/h1-5H2/t7-,9-/m0/s1. The number of alkyl halides is 17. The van der Waals surface area contributed by atoms with Crippen LogP contribution in [0, 0.1) is 0 Å². The Morgan fingerprint density at radius 2 is 0.971 bits per heavy atom. The Bertz CT molecular complexity index is 769. The third-order valence-electron chi connectivity index (χ3n) is 4.28. The third kappa shape index (κ3) is 5.48. The van der Waals surface area contributed by atoms with Crippen molar-refractivity contribution in [2.45, 2.75) is 67.6 Å². The smallest absolute Gasteiger partial charge is 0.337 e. The highest BCUT2D eigenvalue weighted by Crippen LogP contribution is 2.56. The van der Waals surface area contributed by atoms with Gasteiger partial charge in [0.05, 0.1) is 0 Å². The van der Waals surface area contributed by atoms with Crippen molar-refractivity contribution in [1.29, 1.82) is 0 Å². The summed E-state index contributed by atoms with van der Waals surface area (Å²) >= 11 is 0. The van der Waals surface area contributed by atoms with Gasteiger partial charge >= 0.3 is 48.4 Å². The van der Waals surface area contributed by atoms with Gasteiger partial charge in [-0.15, -0.1) is 0 Å². The maximum absolute atomic E-state index is 14.4. The van der Waals surface area contributed by atoms with Gasteiger partial charge in [0.1, 0.15) is 0 Å². The van der Waals surface area contributed by atoms with Crippen molar-refractivity contribution in [3.05, 3.63) is 0 Å². The molecule has 0 N–H and O–H groups in total. The van der Waals surface area contributed by atoms with Gasteiger partial charge in [-0.1, -0.05) is 0 Å². The summed E-state index contributed by atoms with van der Waals surface area (Å²) in [5.74, 6) is -25.7. The van der Waals surface area contributed by atoms with E-state index in [-0.39, 0.29) is 24.2 Å². The molecule has 0 aromatic carbocycles. The first-order valence-corrected chi connectivity index (χ1v) is 8.59. The van der Waals surface area contributed by atoms with Crippen LogP contribution in [0.5, 0.6) is 0 Å². The molecule has 1 amide bonds. The van der Waals surface area contributed by atoms with Crippen LogP contribution in [0.3, 0.4) is 0 Å². The molecule has 0 radical (unpaired) electrons. The molecule has 21 heteroatoms. The highest BCUT2D eigenvalue weighted by atomic mass is 19.4. The number of carbonyl (C=O) groups is 1. The summed E-state index contributed by atoms with van der Waals surface area (Å²) in [6.07, 6.45) is -38.5. The maximum atomic E-state index is 14.4. The number of halogens is 17. The quantitative estimate of drug-likeness (QED) is 0.364. The van der Waals surface area contributed by atoms with E-state index in [0.717, 1.165) is 0 Å². The number of hydrogen-bond donors (Lipinski definition) is 0. The zero-order valence-electron chi connectivity index (χ0n) is 16.1. The molecule has 1 fully saturated rings. The number of ether oxygens (including phenoxy) is 2. The molecule has 1 aliphatic heterocycles. The van der Waals surface area contributed by atoms with Crippen molar-refractivity contribution in [2.24, 2.45) is 0 Å². The van der Waals surface area contributed by atoms with Gasteiger partial charge in [-0.25, -0.2) is 0 Å². The fourth-order valence-electron chi connectivity index (χ4n) is 2.45.